The fourth-order valence-corrected chi connectivity index (χ4v) is 2.79. The Kier molecular flexibility index (Phi) is 4.87. The molecule has 1 fully saturated rings. The molecule has 2 unspecified atom stereocenters. The number of nitrogens with zero attached hydrogens (tertiary/aromatic N) is 1. The maximum absolute atomic E-state index is 12.0. The highest BCUT2D eigenvalue weighted by molar-refractivity contribution is 6.01. The van der Waals surface area contributed by atoms with E-state index in [2.05, 4.69) is 5.32 Å². The highest BCUT2D eigenvalue weighted by Gasteiger charge is 2.36. The Bertz CT molecular complexity index is 475. The van der Waals surface area contributed by atoms with E-state index in [1.165, 1.54) is 0 Å². The van der Waals surface area contributed by atoms with Crippen LogP contribution in [0.4, 0.5) is 0 Å². The minimum Gasteiger partial charge on any atom is -0.330 e. The average Bonchev–Trinajstić information content (AvgIpc) is 2.45. The number of rotatable bonds is 5. The quantitative estimate of drug-likeness (QED) is 0.780. The van der Waals surface area contributed by atoms with Gasteiger partial charge in [0.25, 0.3) is 0 Å². The second kappa shape index (κ2) is 6.63. The minimum absolute atomic E-state index is 0.00106. The lowest BCUT2D eigenvalue weighted by Crippen LogP contribution is -2.58. The van der Waals surface area contributed by atoms with E-state index in [9.17, 15) is 9.59 Å². The van der Waals surface area contributed by atoms with Crippen molar-refractivity contribution >= 4 is 11.8 Å². The van der Waals surface area contributed by atoms with E-state index >= 15 is 0 Å². The third-order valence-electron chi connectivity index (χ3n) is 3.70. The van der Waals surface area contributed by atoms with Crippen molar-refractivity contribution < 1.29 is 9.59 Å². The molecule has 1 heterocycles. The fourth-order valence-electron chi connectivity index (χ4n) is 2.79. The summed E-state index contributed by atoms with van der Waals surface area (Å²) in [5, 5.41) is 2.41. The van der Waals surface area contributed by atoms with Gasteiger partial charge in [-0.3, -0.25) is 19.8 Å². The number of hydrogen-bond acceptors (Lipinski definition) is 4. The van der Waals surface area contributed by atoms with Crippen molar-refractivity contribution in [3.63, 3.8) is 0 Å². The van der Waals surface area contributed by atoms with Gasteiger partial charge in [0, 0.05) is 6.04 Å². The first kappa shape index (κ1) is 14.7. The fraction of sp³-hybridized carbons (Fsp3) is 0.467. The lowest BCUT2D eigenvalue weighted by Gasteiger charge is -2.39. The molecule has 2 amide bonds. The SMILES string of the molecule is CCC1C(=O)NC(=O)CN1C(CCN)c1ccccc1. The van der Waals surface area contributed by atoms with Crippen LogP contribution in [0, 0.1) is 0 Å². The molecule has 2 rings (SSSR count). The third kappa shape index (κ3) is 3.05. The first-order valence-electron chi connectivity index (χ1n) is 7.01. The van der Waals surface area contributed by atoms with E-state index in [0.717, 1.165) is 12.0 Å². The molecule has 0 aromatic heterocycles. The number of carbonyl (C=O) groups excluding carboxylic acids is 2. The summed E-state index contributed by atoms with van der Waals surface area (Å²) in [6, 6.07) is 9.64. The Morgan fingerprint density at radius 2 is 2.05 bits per heavy atom. The molecule has 108 valence electrons. The summed E-state index contributed by atoms with van der Waals surface area (Å²) < 4.78 is 0. The van der Waals surface area contributed by atoms with Crippen molar-refractivity contribution in [3.05, 3.63) is 35.9 Å². The molecule has 0 radical (unpaired) electrons. The van der Waals surface area contributed by atoms with Gasteiger partial charge in [-0.1, -0.05) is 37.3 Å². The largest absolute Gasteiger partial charge is 0.330 e. The highest BCUT2D eigenvalue weighted by atomic mass is 16.2. The molecule has 2 atom stereocenters. The number of piperazine rings is 1. The van der Waals surface area contributed by atoms with E-state index in [-0.39, 0.29) is 30.4 Å². The Balaban J connectivity index is 2.31. The van der Waals surface area contributed by atoms with E-state index in [0.29, 0.717) is 13.0 Å². The van der Waals surface area contributed by atoms with Crippen molar-refractivity contribution in [2.75, 3.05) is 13.1 Å². The lowest BCUT2D eigenvalue weighted by atomic mass is 9.97. The van der Waals surface area contributed by atoms with Gasteiger partial charge in [-0.2, -0.15) is 0 Å². The number of benzene rings is 1. The standard InChI is InChI=1S/C15H21N3O2/c1-2-12-15(20)17-14(19)10-18(12)13(8-9-16)11-6-4-3-5-7-11/h3-7,12-13H,2,8-10,16H2,1H3,(H,17,19,20). The molecule has 3 N–H and O–H groups in total. The van der Waals surface area contributed by atoms with Crippen LogP contribution in [0.25, 0.3) is 0 Å². The van der Waals surface area contributed by atoms with Crippen LogP contribution in [0.1, 0.15) is 31.4 Å². The summed E-state index contributed by atoms with van der Waals surface area (Å²) in [6.45, 7) is 2.71. The molecule has 0 spiro atoms. The number of carbonyl (C=O) groups is 2. The predicted octanol–water partition coefficient (Wildman–Crippen LogP) is 0.814. The molecule has 1 aromatic rings. The molecule has 1 aromatic carbocycles. The Labute approximate surface area is 119 Å². The second-order valence-corrected chi connectivity index (χ2v) is 5.01. The molecule has 0 saturated carbocycles. The number of hydrogen-bond donors (Lipinski definition) is 2. The van der Waals surface area contributed by atoms with E-state index in [4.69, 9.17) is 5.73 Å². The van der Waals surface area contributed by atoms with E-state index in [1.54, 1.807) is 0 Å². The molecular formula is C15H21N3O2. The van der Waals surface area contributed by atoms with Crippen LogP contribution in [-0.4, -0.2) is 35.8 Å². The van der Waals surface area contributed by atoms with Crippen molar-refractivity contribution in [2.45, 2.75) is 31.8 Å². The van der Waals surface area contributed by atoms with Crippen LogP contribution in [0.2, 0.25) is 0 Å². The summed E-state index contributed by atoms with van der Waals surface area (Å²) in [7, 11) is 0. The summed E-state index contributed by atoms with van der Waals surface area (Å²) >= 11 is 0. The van der Waals surface area contributed by atoms with Crippen LogP contribution in [-0.2, 0) is 9.59 Å². The van der Waals surface area contributed by atoms with Gasteiger partial charge in [0.15, 0.2) is 0 Å². The van der Waals surface area contributed by atoms with Gasteiger partial charge >= 0.3 is 0 Å². The van der Waals surface area contributed by atoms with Gasteiger partial charge in [-0.05, 0) is 24.9 Å². The van der Waals surface area contributed by atoms with E-state index < -0.39 is 0 Å². The van der Waals surface area contributed by atoms with Crippen LogP contribution in [0.5, 0.6) is 0 Å². The predicted molar refractivity (Wildman–Crippen MR) is 76.8 cm³/mol. The average molecular weight is 275 g/mol. The van der Waals surface area contributed by atoms with Gasteiger partial charge in [0.1, 0.15) is 0 Å². The Hall–Kier alpha value is -1.72. The third-order valence-corrected chi connectivity index (χ3v) is 3.70. The zero-order valence-electron chi connectivity index (χ0n) is 11.7. The molecule has 5 nitrogen and oxygen atoms in total. The first-order valence-corrected chi connectivity index (χ1v) is 7.01. The van der Waals surface area contributed by atoms with Crippen LogP contribution < -0.4 is 11.1 Å². The topological polar surface area (TPSA) is 75.4 Å². The maximum atomic E-state index is 12.0. The van der Waals surface area contributed by atoms with Gasteiger partial charge in [0.2, 0.25) is 11.8 Å². The van der Waals surface area contributed by atoms with E-state index in [1.807, 2.05) is 42.2 Å². The van der Waals surface area contributed by atoms with Crippen LogP contribution in [0.3, 0.4) is 0 Å². The van der Waals surface area contributed by atoms with Gasteiger partial charge < -0.3 is 5.73 Å². The zero-order chi connectivity index (χ0) is 14.5. The highest BCUT2D eigenvalue weighted by Crippen LogP contribution is 2.28. The Morgan fingerprint density at radius 1 is 1.35 bits per heavy atom. The Morgan fingerprint density at radius 3 is 2.65 bits per heavy atom. The molecular weight excluding hydrogens is 254 g/mol. The molecule has 1 saturated heterocycles. The summed E-state index contributed by atoms with van der Waals surface area (Å²) in [5.74, 6) is -0.445. The second-order valence-electron chi connectivity index (χ2n) is 5.01. The minimum atomic E-state index is -0.274. The summed E-state index contributed by atoms with van der Waals surface area (Å²) in [5.41, 5.74) is 6.81. The van der Waals surface area contributed by atoms with Gasteiger partial charge in [0.05, 0.1) is 12.6 Å². The first-order chi connectivity index (χ1) is 9.67. The van der Waals surface area contributed by atoms with Gasteiger partial charge in [-0.15, -0.1) is 0 Å². The van der Waals surface area contributed by atoms with Crippen molar-refractivity contribution in [1.82, 2.24) is 10.2 Å². The molecule has 0 bridgehead atoms. The van der Waals surface area contributed by atoms with Crippen molar-refractivity contribution in [3.8, 4) is 0 Å². The molecule has 1 aliphatic heterocycles. The van der Waals surface area contributed by atoms with Crippen molar-refractivity contribution in [2.24, 2.45) is 5.73 Å². The monoisotopic (exact) mass is 275 g/mol. The number of nitrogens with two attached hydrogens (primary N) is 1. The number of amides is 2. The molecule has 20 heavy (non-hydrogen) atoms. The smallest absolute Gasteiger partial charge is 0.243 e. The van der Waals surface area contributed by atoms with Crippen LogP contribution >= 0.6 is 0 Å². The van der Waals surface area contributed by atoms with Crippen molar-refractivity contribution in [1.29, 1.82) is 0 Å². The number of imide groups is 1. The summed E-state index contributed by atoms with van der Waals surface area (Å²) in [6.07, 6.45) is 1.40. The summed E-state index contributed by atoms with van der Waals surface area (Å²) in [4.78, 5) is 25.6. The normalized spacial score (nSPS) is 21.6. The zero-order valence-corrected chi connectivity index (χ0v) is 11.7. The maximum Gasteiger partial charge on any atom is 0.243 e. The van der Waals surface area contributed by atoms with Gasteiger partial charge in [-0.25, -0.2) is 0 Å². The molecule has 1 aliphatic rings. The number of nitrogens with one attached hydrogen (secondary N) is 1. The lowest BCUT2D eigenvalue weighted by molar-refractivity contribution is -0.141. The van der Waals surface area contributed by atoms with Crippen LogP contribution in [0.15, 0.2) is 30.3 Å². The molecule has 0 aliphatic carbocycles. The molecule has 5 heteroatoms.